The molecule has 1 aromatic heterocycles. The fraction of sp³-hybridized carbons (Fsp3) is 0.733. The maximum atomic E-state index is 9.31. The smallest absolute Gasteiger partial charge is 0.148 e. The number of piperidine rings is 1. The average molecular weight is 291 g/mol. The molecule has 3 rings (SSSR count). The Morgan fingerprint density at radius 3 is 2.76 bits per heavy atom. The Balaban J connectivity index is 1.96. The molecule has 1 atom stereocenters. The van der Waals surface area contributed by atoms with Crippen LogP contribution in [0.15, 0.2) is 0 Å². The number of nitrogens with zero attached hydrogens (tertiary/aromatic N) is 3. The van der Waals surface area contributed by atoms with Gasteiger partial charge in [-0.05, 0) is 45.4 Å². The number of hydrogen-bond acceptors (Lipinski definition) is 6. The third-order valence-corrected chi connectivity index (χ3v) is 4.58. The normalized spacial score (nSPS) is 22.4. The van der Waals surface area contributed by atoms with E-state index < -0.39 is 0 Å². The fourth-order valence-corrected chi connectivity index (χ4v) is 3.19. The number of nitrogens with one attached hydrogen (secondary N) is 1. The van der Waals surface area contributed by atoms with E-state index in [1.165, 1.54) is 25.7 Å². The van der Waals surface area contributed by atoms with E-state index in [4.69, 9.17) is 10.8 Å². The summed E-state index contributed by atoms with van der Waals surface area (Å²) in [5.41, 5.74) is 3.72. The van der Waals surface area contributed by atoms with Crippen LogP contribution in [0.25, 0.3) is 0 Å². The summed E-state index contributed by atoms with van der Waals surface area (Å²) in [7, 11) is 0. The van der Waals surface area contributed by atoms with Gasteiger partial charge in [0.2, 0.25) is 0 Å². The number of hydrazine groups is 1. The second-order valence-corrected chi connectivity index (χ2v) is 6.15. The first-order valence-corrected chi connectivity index (χ1v) is 7.97. The molecule has 0 bridgehead atoms. The summed E-state index contributed by atoms with van der Waals surface area (Å²) < 4.78 is 0. The molecule has 0 spiro atoms. The van der Waals surface area contributed by atoms with Crippen molar-refractivity contribution in [2.75, 3.05) is 23.5 Å². The number of nitrogen functional groups attached to an aromatic ring is 1. The highest BCUT2D eigenvalue weighted by molar-refractivity contribution is 5.59. The highest BCUT2D eigenvalue weighted by Crippen LogP contribution is 2.40. The zero-order valence-electron chi connectivity index (χ0n) is 12.7. The first kappa shape index (κ1) is 14.5. The lowest BCUT2D eigenvalue weighted by Gasteiger charge is -2.37. The third-order valence-electron chi connectivity index (χ3n) is 4.58. The molecule has 2 fully saturated rings. The van der Waals surface area contributed by atoms with Crippen LogP contribution in [-0.4, -0.2) is 34.3 Å². The maximum absolute atomic E-state index is 9.31. The lowest BCUT2D eigenvalue weighted by molar-refractivity contribution is 0.262. The molecule has 0 radical (unpaired) electrons. The van der Waals surface area contributed by atoms with Crippen molar-refractivity contribution in [3.63, 3.8) is 0 Å². The van der Waals surface area contributed by atoms with Crippen molar-refractivity contribution in [3.8, 4) is 0 Å². The van der Waals surface area contributed by atoms with E-state index in [-0.39, 0.29) is 6.61 Å². The van der Waals surface area contributed by atoms with Crippen molar-refractivity contribution in [1.82, 2.24) is 9.97 Å². The van der Waals surface area contributed by atoms with E-state index in [0.717, 1.165) is 42.4 Å². The first-order chi connectivity index (χ1) is 10.2. The number of aliphatic hydroxyl groups is 1. The van der Waals surface area contributed by atoms with Gasteiger partial charge in [0.15, 0.2) is 0 Å². The Labute approximate surface area is 125 Å². The molecule has 4 N–H and O–H groups in total. The van der Waals surface area contributed by atoms with E-state index in [1.807, 2.05) is 6.92 Å². The number of rotatable bonds is 5. The first-order valence-electron chi connectivity index (χ1n) is 7.97. The molecule has 1 saturated heterocycles. The van der Waals surface area contributed by atoms with Gasteiger partial charge in [0, 0.05) is 30.7 Å². The molecule has 1 aromatic rings. The van der Waals surface area contributed by atoms with Gasteiger partial charge >= 0.3 is 0 Å². The standard InChI is InChI=1S/C15H25N5O/c1-10-13(19-16)17-14(11-5-6-11)18-15(10)20-8-3-2-4-12(20)7-9-21/h11-12,21H,2-9,16H2,1H3,(H,17,18,19). The Bertz CT molecular complexity index is 501. The van der Waals surface area contributed by atoms with E-state index in [1.54, 1.807) is 0 Å². The van der Waals surface area contributed by atoms with Gasteiger partial charge < -0.3 is 15.4 Å². The second-order valence-electron chi connectivity index (χ2n) is 6.15. The summed E-state index contributed by atoms with van der Waals surface area (Å²) in [6.45, 7) is 3.24. The van der Waals surface area contributed by atoms with Crippen molar-refractivity contribution in [2.45, 2.75) is 57.4 Å². The molecule has 1 aliphatic carbocycles. The fourth-order valence-electron chi connectivity index (χ4n) is 3.19. The lowest BCUT2D eigenvalue weighted by atomic mass is 9.99. The predicted molar refractivity (Wildman–Crippen MR) is 83.2 cm³/mol. The van der Waals surface area contributed by atoms with Gasteiger partial charge in [-0.2, -0.15) is 0 Å². The molecule has 2 aliphatic rings. The van der Waals surface area contributed by atoms with E-state index >= 15 is 0 Å². The van der Waals surface area contributed by atoms with Gasteiger partial charge in [-0.3, -0.25) is 0 Å². The van der Waals surface area contributed by atoms with Gasteiger partial charge in [0.05, 0.1) is 0 Å². The van der Waals surface area contributed by atoms with E-state index in [0.29, 0.717) is 12.0 Å². The van der Waals surface area contributed by atoms with Crippen molar-refractivity contribution in [2.24, 2.45) is 5.84 Å². The van der Waals surface area contributed by atoms with Crippen molar-refractivity contribution < 1.29 is 5.11 Å². The molecule has 1 aliphatic heterocycles. The summed E-state index contributed by atoms with van der Waals surface area (Å²) in [6.07, 6.45) is 6.67. The molecule has 6 heteroatoms. The summed E-state index contributed by atoms with van der Waals surface area (Å²) in [5.74, 6) is 8.77. The summed E-state index contributed by atoms with van der Waals surface area (Å²) in [6, 6.07) is 0.370. The number of anilines is 2. The third kappa shape index (κ3) is 2.96. The minimum Gasteiger partial charge on any atom is -0.396 e. The van der Waals surface area contributed by atoms with Crippen molar-refractivity contribution >= 4 is 11.6 Å². The summed E-state index contributed by atoms with van der Waals surface area (Å²) in [4.78, 5) is 11.7. The molecule has 0 amide bonds. The van der Waals surface area contributed by atoms with Crippen LogP contribution in [0.1, 0.15) is 55.8 Å². The van der Waals surface area contributed by atoms with Gasteiger partial charge in [-0.25, -0.2) is 15.8 Å². The van der Waals surface area contributed by atoms with Crippen molar-refractivity contribution in [3.05, 3.63) is 11.4 Å². The second kappa shape index (κ2) is 6.15. The van der Waals surface area contributed by atoms with Crippen molar-refractivity contribution in [1.29, 1.82) is 0 Å². The van der Waals surface area contributed by atoms with Crippen LogP contribution >= 0.6 is 0 Å². The number of hydrogen-bond donors (Lipinski definition) is 3. The number of aromatic nitrogens is 2. The minimum atomic E-state index is 0.225. The summed E-state index contributed by atoms with van der Waals surface area (Å²) >= 11 is 0. The van der Waals surface area contributed by atoms with Crippen LogP contribution in [0.4, 0.5) is 11.6 Å². The van der Waals surface area contributed by atoms with Crippen LogP contribution in [-0.2, 0) is 0 Å². The Morgan fingerprint density at radius 1 is 1.29 bits per heavy atom. The maximum Gasteiger partial charge on any atom is 0.148 e. The quantitative estimate of drug-likeness (QED) is 0.565. The molecule has 21 heavy (non-hydrogen) atoms. The highest BCUT2D eigenvalue weighted by Gasteiger charge is 2.31. The van der Waals surface area contributed by atoms with E-state index in [2.05, 4.69) is 15.3 Å². The topological polar surface area (TPSA) is 87.3 Å². The molecular formula is C15H25N5O. The minimum absolute atomic E-state index is 0.225. The van der Waals surface area contributed by atoms with Crippen LogP contribution in [0.2, 0.25) is 0 Å². The zero-order chi connectivity index (χ0) is 14.8. The molecule has 2 heterocycles. The lowest BCUT2D eigenvalue weighted by Crippen LogP contribution is -2.41. The van der Waals surface area contributed by atoms with Crippen LogP contribution in [0.3, 0.4) is 0 Å². The Morgan fingerprint density at radius 2 is 2.10 bits per heavy atom. The molecule has 1 saturated carbocycles. The van der Waals surface area contributed by atoms with Gasteiger partial charge in [-0.1, -0.05) is 0 Å². The van der Waals surface area contributed by atoms with Gasteiger partial charge in [0.1, 0.15) is 17.5 Å². The molecule has 1 unspecified atom stereocenters. The van der Waals surface area contributed by atoms with Gasteiger partial charge in [0.25, 0.3) is 0 Å². The Kier molecular flexibility index (Phi) is 4.26. The van der Waals surface area contributed by atoms with Crippen LogP contribution in [0.5, 0.6) is 0 Å². The van der Waals surface area contributed by atoms with Crippen LogP contribution < -0.4 is 16.2 Å². The zero-order valence-corrected chi connectivity index (χ0v) is 12.7. The van der Waals surface area contributed by atoms with E-state index in [9.17, 15) is 5.11 Å². The Hall–Kier alpha value is -1.40. The SMILES string of the molecule is Cc1c(NN)nc(C2CC2)nc1N1CCCCC1CCO. The number of aliphatic hydroxyl groups excluding tert-OH is 1. The average Bonchev–Trinajstić information content (AvgIpc) is 3.33. The molecule has 6 nitrogen and oxygen atoms in total. The van der Waals surface area contributed by atoms with Crippen LogP contribution in [0, 0.1) is 6.92 Å². The molecule has 0 aromatic carbocycles. The number of nitrogens with two attached hydrogens (primary N) is 1. The largest absolute Gasteiger partial charge is 0.396 e. The predicted octanol–water partition coefficient (Wildman–Crippen LogP) is 1.69. The highest BCUT2D eigenvalue weighted by atomic mass is 16.3. The van der Waals surface area contributed by atoms with Gasteiger partial charge in [-0.15, -0.1) is 0 Å². The monoisotopic (exact) mass is 291 g/mol. The summed E-state index contributed by atoms with van der Waals surface area (Å²) in [5, 5.41) is 9.31. The molecular weight excluding hydrogens is 266 g/mol. The molecule has 116 valence electrons.